The Bertz CT molecular complexity index is 1810. The lowest BCUT2D eigenvalue weighted by molar-refractivity contribution is -0.377. The van der Waals surface area contributed by atoms with Gasteiger partial charge in [-0.15, -0.1) is 0 Å². The van der Waals surface area contributed by atoms with Gasteiger partial charge in [0.15, 0.2) is 23.9 Å². The van der Waals surface area contributed by atoms with Gasteiger partial charge in [-0.3, -0.25) is 9.21 Å². The van der Waals surface area contributed by atoms with Gasteiger partial charge >= 0.3 is 12.6 Å². The lowest BCUT2D eigenvalue weighted by Crippen LogP contribution is -2.43. The molecule has 2 aromatic carbocycles. The summed E-state index contributed by atoms with van der Waals surface area (Å²) in [7, 11) is -3.78. The van der Waals surface area contributed by atoms with Crippen LogP contribution in [-0.4, -0.2) is 90.2 Å². The van der Waals surface area contributed by atoms with E-state index < -0.39 is 28.7 Å². The second kappa shape index (κ2) is 18.2. The summed E-state index contributed by atoms with van der Waals surface area (Å²) >= 11 is 13.0. The molecule has 2 heterocycles. The quantitative estimate of drug-likeness (QED) is 0.139. The standard InChI is InChI=1S/C36H41Cl2F2N3O8S.H2O/c1-52(45,46)43(9-8-42-10-12-47-13-11-42)27-14-26(15-28(17-27)48-21-23-2-3-23)35(44)50-33(18-29-30(37)19-41-20-31(29)38)25-6-7-32(51-36(39)40)34(16-25)49-22-24-4-5-24;/h6-7,14-17,19-20,23-24,33,36H,2-5,8-13,18,21-22H2,1H3;1H2/t33-;/m0./s1. The van der Waals surface area contributed by atoms with Crippen molar-refractivity contribution in [2.24, 2.45) is 11.8 Å². The minimum absolute atomic E-state index is 0. The van der Waals surface area contributed by atoms with Gasteiger partial charge in [-0.1, -0.05) is 29.3 Å². The molecule has 0 radical (unpaired) electrons. The number of esters is 1. The number of sulfonamides is 1. The Balaban J connectivity index is 0.00000541. The van der Waals surface area contributed by atoms with Crippen molar-refractivity contribution in [3.8, 4) is 17.2 Å². The highest BCUT2D eigenvalue weighted by molar-refractivity contribution is 7.92. The second-order valence-corrected chi connectivity index (χ2v) is 16.0. The van der Waals surface area contributed by atoms with Crippen LogP contribution in [0.5, 0.6) is 17.2 Å². The summed E-state index contributed by atoms with van der Waals surface area (Å²) < 4.78 is 82.5. The molecule has 1 atom stereocenters. The molecule has 0 bridgehead atoms. The Morgan fingerprint density at radius 2 is 1.64 bits per heavy atom. The molecule has 12 nitrogen and oxygen atoms in total. The molecule has 3 aliphatic rings. The maximum Gasteiger partial charge on any atom is 0.387 e. The first-order valence-electron chi connectivity index (χ1n) is 17.2. The number of nitrogens with zero attached hydrogens (tertiary/aromatic N) is 2. The number of rotatable bonds is 18. The SMILES string of the molecule is CS(=O)(=O)N(CCN1CCOCC1)c1cc(OCC2CC2)cc(C(=O)O[C@@H](Cc2c(Cl)c[nH+]cc2Cl)c2ccc(OC(F)F)c(OCC3CC3)c2)c1.[OH-]. The van der Waals surface area contributed by atoms with Gasteiger partial charge in [-0.25, -0.2) is 18.2 Å². The van der Waals surface area contributed by atoms with Gasteiger partial charge in [0.2, 0.25) is 10.0 Å². The lowest BCUT2D eigenvalue weighted by Gasteiger charge is -2.30. The summed E-state index contributed by atoms with van der Waals surface area (Å²) in [6, 6.07) is 8.96. The lowest BCUT2D eigenvalue weighted by atomic mass is 10.0. The minimum atomic E-state index is -3.78. The van der Waals surface area contributed by atoms with Crippen molar-refractivity contribution in [1.82, 2.24) is 4.90 Å². The van der Waals surface area contributed by atoms with Gasteiger partial charge in [0.25, 0.3) is 0 Å². The number of H-pyrrole nitrogens is 1. The van der Waals surface area contributed by atoms with E-state index in [-0.39, 0.29) is 41.2 Å². The summed E-state index contributed by atoms with van der Waals surface area (Å²) in [5.41, 5.74) is 1.18. The minimum Gasteiger partial charge on any atom is -0.870 e. The molecule has 1 aromatic heterocycles. The molecular weight excluding hydrogens is 759 g/mol. The number of aromatic amines is 1. The van der Waals surface area contributed by atoms with Gasteiger partial charge in [0, 0.05) is 44.2 Å². The van der Waals surface area contributed by atoms with E-state index in [0.29, 0.717) is 84.8 Å². The highest BCUT2D eigenvalue weighted by Gasteiger charge is 2.29. The number of hydrogen-bond donors (Lipinski definition) is 0. The number of halogens is 4. The molecule has 0 spiro atoms. The normalized spacial score (nSPS) is 16.8. The summed E-state index contributed by atoms with van der Waals surface area (Å²) in [5, 5.41) is 0.580. The summed E-state index contributed by atoms with van der Waals surface area (Å²) in [4.78, 5) is 19.1. The first-order chi connectivity index (χ1) is 24.9. The van der Waals surface area contributed by atoms with E-state index in [1.165, 1.54) is 47.0 Å². The third kappa shape index (κ3) is 11.8. The molecule has 6 rings (SSSR count). The van der Waals surface area contributed by atoms with E-state index >= 15 is 0 Å². The molecule has 0 unspecified atom stereocenters. The Morgan fingerprint density at radius 1 is 0.981 bits per heavy atom. The number of aromatic nitrogens is 1. The number of carbonyl (C=O) groups is 1. The topological polar surface area (TPSA) is 148 Å². The monoisotopic (exact) mass is 801 g/mol. The van der Waals surface area contributed by atoms with Crippen molar-refractivity contribution in [2.45, 2.75) is 44.8 Å². The number of ether oxygens (including phenoxy) is 5. The Labute approximate surface area is 317 Å². The van der Waals surface area contributed by atoms with Crippen LogP contribution >= 0.6 is 23.2 Å². The number of hydrogen-bond acceptors (Lipinski definition) is 10. The first kappa shape index (κ1) is 40.7. The molecule has 53 heavy (non-hydrogen) atoms. The van der Waals surface area contributed by atoms with Crippen molar-refractivity contribution in [1.29, 1.82) is 0 Å². The predicted molar refractivity (Wildman–Crippen MR) is 192 cm³/mol. The molecule has 1 saturated heterocycles. The highest BCUT2D eigenvalue weighted by Crippen LogP contribution is 2.39. The molecule has 2 N–H and O–H groups in total. The second-order valence-electron chi connectivity index (χ2n) is 13.3. The fourth-order valence-corrected chi connectivity index (χ4v) is 7.21. The number of nitrogens with one attached hydrogen (secondary N) is 1. The summed E-state index contributed by atoms with van der Waals surface area (Å²) in [5.74, 6) is 0.166. The zero-order valence-corrected chi connectivity index (χ0v) is 31.5. The fourth-order valence-electron chi connectivity index (χ4n) is 5.78. The van der Waals surface area contributed by atoms with Crippen LogP contribution in [0.3, 0.4) is 0 Å². The van der Waals surface area contributed by atoms with Crippen molar-refractivity contribution < 1.29 is 56.1 Å². The van der Waals surface area contributed by atoms with Crippen LogP contribution in [0.1, 0.15) is 53.3 Å². The summed E-state index contributed by atoms with van der Waals surface area (Å²) in [6.45, 7) is 0.741. The zero-order valence-electron chi connectivity index (χ0n) is 29.1. The van der Waals surface area contributed by atoms with Crippen LogP contribution in [0, 0.1) is 11.8 Å². The maximum atomic E-state index is 14.1. The molecule has 290 valence electrons. The molecule has 3 fully saturated rings. The van der Waals surface area contributed by atoms with Crippen LogP contribution in [0.2, 0.25) is 10.0 Å². The van der Waals surface area contributed by atoms with E-state index in [0.717, 1.165) is 31.9 Å². The maximum absolute atomic E-state index is 14.1. The first-order valence-corrected chi connectivity index (χ1v) is 19.9. The molecule has 0 amide bonds. The largest absolute Gasteiger partial charge is 0.870 e. The Hall–Kier alpha value is -3.47. The Morgan fingerprint density at radius 3 is 2.26 bits per heavy atom. The van der Waals surface area contributed by atoms with Gasteiger partial charge in [0.1, 0.15) is 21.9 Å². The van der Waals surface area contributed by atoms with E-state index in [1.54, 1.807) is 6.07 Å². The molecule has 17 heteroatoms. The Kier molecular flexibility index (Phi) is 14.0. The molecular formula is C36H43Cl2F2N3O9S. The van der Waals surface area contributed by atoms with E-state index in [4.69, 9.17) is 46.9 Å². The van der Waals surface area contributed by atoms with E-state index in [2.05, 4.69) is 9.88 Å². The van der Waals surface area contributed by atoms with Crippen LogP contribution in [0.4, 0.5) is 14.5 Å². The molecule has 3 aromatic rings. The van der Waals surface area contributed by atoms with E-state index in [1.807, 2.05) is 0 Å². The highest BCUT2D eigenvalue weighted by atomic mass is 35.5. The van der Waals surface area contributed by atoms with Crippen LogP contribution < -0.4 is 23.5 Å². The van der Waals surface area contributed by atoms with Crippen molar-refractivity contribution >= 4 is 44.9 Å². The third-order valence-electron chi connectivity index (χ3n) is 9.08. The molecule has 2 aliphatic carbocycles. The number of carbonyl (C=O) groups excluding carboxylic acids is 1. The van der Waals surface area contributed by atoms with Crippen molar-refractivity contribution in [3.63, 3.8) is 0 Å². The average Bonchev–Trinajstić information content (AvgIpc) is 4.04. The number of alkyl halides is 2. The van der Waals surface area contributed by atoms with Gasteiger partial charge in [-0.05, 0) is 67.3 Å². The molecule has 2 saturated carbocycles. The third-order valence-corrected chi connectivity index (χ3v) is 11.0. The number of anilines is 1. The molecule has 1 aliphatic heterocycles. The van der Waals surface area contributed by atoms with E-state index in [9.17, 15) is 22.0 Å². The van der Waals surface area contributed by atoms with Gasteiger partial charge in [-0.2, -0.15) is 8.78 Å². The average molecular weight is 803 g/mol. The van der Waals surface area contributed by atoms with Crippen LogP contribution in [0.25, 0.3) is 0 Å². The fraction of sp³-hybridized carbons (Fsp3) is 0.500. The zero-order chi connectivity index (χ0) is 36.8. The van der Waals surface area contributed by atoms with Gasteiger partial charge in [0.05, 0.1) is 43.9 Å². The smallest absolute Gasteiger partial charge is 0.387 e. The summed E-state index contributed by atoms with van der Waals surface area (Å²) in [6.07, 6.45) is 7.17. The predicted octanol–water partition coefficient (Wildman–Crippen LogP) is 6.05. The van der Waals surface area contributed by atoms with Crippen LogP contribution in [0.15, 0.2) is 48.8 Å². The number of benzene rings is 2. The van der Waals surface area contributed by atoms with Gasteiger partial charge < -0.3 is 29.2 Å². The number of pyridine rings is 1. The van der Waals surface area contributed by atoms with Crippen LogP contribution in [-0.2, 0) is 25.9 Å². The van der Waals surface area contributed by atoms with Crippen molar-refractivity contribution in [3.05, 3.63) is 75.5 Å². The van der Waals surface area contributed by atoms with Crippen molar-refractivity contribution in [2.75, 3.05) is 63.2 Å². The number of morpholine rings is 1.